The van der Waals surface area contributed by atoms with Crippen LogP contribution in [0.4, 0.5) is 15.9 Å². The maximum atomic E-state index is 14.4. The number of nitrogens with one attached hydrogen (secondary N) is 1. The van der Waals surface area contributed by atoms with E-state index in [1.165, 1.54) is 0 Å². The number of anilines is 2. The minimum Gasteiger partial charge on any atom is -0.487 e. The smallest absolute Gasteiger partial charge is 0.311 e. The molecule has 194 valence electrons. The van der Waals surface area contributed by atoms with Crippen LogP contribution in [0.5, 0.6) is 23.0 Å². The van der Waals surface area contributed by atoms with Crippen molar-refractivity contribution in [2.75, 3.05) is 46.0 Å². The zero-order chi connectivity index (χ0) is 26.2. The predicted molar refractivity (Wildman–Crippen MR) is 140 cm³/mol. The van der Waals surface area contributed by atoms with Gasteiger partial charge in [-0.2, -0.15) is 9.37 Å². The predicted octanol–water partition coefficient (Wildman–Crippen LogP) is 6.66. The standard InChI is InChI=1S/C26H24Cl2FN3O5/c1-33-8-10-35-23-14-19-21(15-24(23)36-11-9-34-2)31-26(29)32-25(19)30-17-6-7-22(20(28)13-17)37-18-5-3-4-16(27)12-18/h3-7,12-15H,8-11H2,1-2H3,(H,30,31,32). The zero-order valence-corrected chi connectivity index (χ0v) is 21.6. The van der Waals surface area contributed by atoms with Crippen LogP contribution in [0.2, 0.25) is 10.0 Å². The highest BCUT2D eigenvalue weighted by Crippen LogP contribution is 2.37. The average molecular weight is 548 g/mol. The van der Waals surface area contributed by atoms with E-state index in [-0.39, 0.29) is 19.0 Å². The van der Waals surface area contributed by atoms with Gasteiger partial charge in [0.15, 0.2) is 11.5 Å². The van der Waals surface area contributed by atoms with Crippen molar-refractivity contribution in [3.8, 4) is 23.0 Å². The quantitative estimate of drug-likeness (QED) is 0.155. The van der Waals surface area contributed by atoms with E-state index in [0.717, 1.165) is 0 Å². The number of rotatable bonds is 12. The number of nitrogens with zero attached hydrogens (tertiary/aromatic N) is 2. The molecule has 0 atom stereocenters. The maximum absolute atomic E-state index is 14.4. The van der Waals surface area contributed by atoms with Crippen LogP contribution in [0, 0.1) is 6.08 Å². The molecular weight excluding hydrogens is 524 g/mol. The fourth-order valence-electron chi connectivity index (χ4n) is 3.35. The molecule has 0 bridgehead atoms. The Kier molecular flexibility index (Phi) is 9.19. The van der Waals surface area contributed by atoms with Crippen molar-refractivity contribution in [1.82, 2.24) is 9.97 Å². The molecule has 0 fully saturated rings. The monoisotopic (exact) mass is 547 g/mol. The van der Waals surface area contributed by atoms with Gasteiger partial charge in [-0.25, -0.2) is 4.98 Å². The van der Waals surface area contributed by atoms with E-state index < -0.39 is 6.08 Å². The second kappa shape index (κ2) is 12.7. The lowest BCUT2D eigenvalue weighted by molar-refractivity contribution is 0.132. The summed E-state index contributed by atoms with van der Waals surface area (Å²) in [6.07, 6.45) is -0.905. The molecule has 1 N–H and O–H groups in total. The van der Waals surface area contributed by atoms with Gasteiger partial charge in [0, 0.05) is 36.4 Å². The number of aromatic nitrogens is 2. The lowest BCUT2D eigenvalue weighted by Crippen LogP contribution is -2.09. The Morgan fingerprint density at radius 2 is 1.54 bits per heavy atom. The highest BCUT2D eigenvalue weighted by Gasteiger charge is 2.16. The Hall–Kier alpha value is -3.37. The third kappa shape index (κ3) is 7.11. The van der Waals surface area contributed by atoms with Crippen LogP contribution in [0.3, 0.4) is 0 Å². The highest BCUT2D eigenvalue weighted by atomic mass is 35.5. The third-order valence-electron chi connectivity index (χ3n) is 5.04. The number of benzene rings is 3. The topological polar surface area (TPSA) is 84.0 Å². The Bertz CT molecular complexity index is 1380. The van der Waals surface area contributed by atoms with Gasteiger partial charge in [-0.05, 0) is 42.5 Å². The molecule has 0 aliphatic carbocycles. The van der Waals surface area contributed by atoms with Crippen molar-refractivity contribution in [3.63, 3.8) is 0 Å². The number of halogens is 3. The number of hydrogen-bond acceptors (Lipinski definition) is 8. The minimum atomic E-state index is -0.905. The first-order valence-electron chi connectivity index (χ1n) is 11.2. The van der Waals surface area contributed by atoms with Crippen molar-refractivity contribution in [2.24, 2.45) is 0 Å². The molecule has 4 rings (SSSR count). The van der Waals surface area contributed by atoms with Gasteiger partial charge in [-0.1, -0.05) is 29.3 Å². The van der Waals surface area contributed by atoms with E-state index in [2.05, 4.69) is 15.3 Å². The SMILES string of the molecule is COCCOc1cc2nc(F)nc(Nc3ccc(Oc4cccc(Cl)c4)c(Cl)c3)c2cc1OCCOC. The molecule has 0 spiro atoms. The third-order valence-corrected chi connectivity index (χ3v) is 5.57. The molecule has 8 nitrogen and oxygen atoms in total. The van der Waals surface area contributed by atoms with Crippen LogP contribution in [0.25, 0.3) is 10.9 Å². The molecule has 1 aromatic heterocycles. The normalized spacial score (nSPS) is 10.9. The fourth-order valence-corrected chi connectivity index (χ4v) is 3.75. The lowest BCUT2D eigenvalue weighted by atomic mass is 10.2. The van der Waals surface area contributed by atoms with Crippen LogP contribution < -0.4 is 19.5 Å². The van der Waals surface area contributed by atoms with Crippen LogP contribution in [-0.4, -0.2) is 50.6 Å². The molecule has 3 aromatic carbocycles. The van der Waals surface area contributed by atoms with Crippen LogP contribution in [0.1, 0.15) is 0 Å². The van der Waals surface area contributed by atoms with E-state index in [0.29, 0.717) is 62.8 Å². The van der Waals surface area contributed by atoms with E-state index in [9.17, 15) is 4.39 Å². The highest BCUT2D eigenvalue weighted by molar-refractivity contribution is 6.32. The second-order valence-corrected chi connectivity index (χ2v) is 8.51. The van der Waals surface area contributed by atoms with Crippen LogP contribution >= 0.6 is 23.2 Å². The lowest BCUT2D eigenvalue weighted by Gasteiger charge is -2.16. The van der Waals surface area contributed by atoms with E-state index in [1.54, 1.807) is 68.8 Å². The van der Waals surface area contributed by atoms with E-state index >= 15 is 0 Å². The maximum Gasteiger partial charge on any atom is 0.311 e. The molecule has 4 aromatic rings. The first kappa shape index (κ1) is 26.7. The summed E-state index contributed by atoms with van der Waals surface area (Å²) < 4.78 is 41.9. The second-order valence-electron chi connectivity index (χ2n) is 7.67. The molecular formula is C26H24Cl2FN3O5. The van der Waals surface area contributed by atoms with Gasteiger partial charge in [-0.15, -0.1) is 0 Å². The van der Waals surface area contributed by atoms with Gasteiger partial charge in [0.1, 0.15) is 30.5 Å². The Morgan fingerprint density at radius 3 is 2.22 bits per heavy atom. The molecule has 0 saturated heterocycles. The summed E-state index contributed by atoms with van der Waals surface area (Å²) in [5.74, 6) is 2.03. The number of ether oxygens (including phenoxy) is 5. The first-order valence-corrected chi connectivity index (χ1v) is 12.0. The van der Waals surface area contributed by atoms with Crippen molar-refractivity contribution < 1.29 is 28.1 Å². The molecule has 11 heteroatoms. The number of hydrogen-bond donors (Lipinski definition) is 1. The summed E-state index contributed by atoms with van der Waals surface area (Å²) in [6.45, 7) is 1.32. The largest absolute Gasteiger partial charge is 0.487 e. The molecule has 0 unspecified atom stereocenters. The van der Waals surface area contributed by atoms with Gasteiger partial charge in [0.2, 0.25) is 0 Å². The molecule has 0 radical (unpaired) electrons. The van der Waals surface area contributed by atoms with Gasteiger partial charge in [-0.3, -0.25) is 0 Å². The van der Waals surface area contributed by atoms with Crippen molar-refractivity contribution in [3.05, 3.63) is 70.7 Å². The number of fused-ring (bicyclic) bond motifs is 1. The molecule has 0 amide bonds. The Balaban J connectivity index is 1.63. The Labute approximate surface area is 223 Å². The average Bonchev–Trinajstić information content (AvgIpc) is 2.86. The molecule has 0 saturated carbocycles. The molecule has 0 aliphatic heterocycles. The van der Waals surface area contributed by atoms with Crippen LogP contribution in [-0.2, 0) is 9.47 Å². The molecule has 1 heterocycles. The van der Waals surface area contributed by atoms with E-state index in [1.807, 2.05) is 0 Å². The molecule has 0 aliphatic rings. The molecule has 37 heavy (non-hydrogen) atoms. The van der Waals surface area contributed by atoms with Crippen molar-refractivity contribution in [1.29, 1.82) is 0 Å². The summed E-state index contributed by atoms with van der Waals surface area (Å²) in [5.41, 5.74) is 0.888. The van der Waals surface area contributed by atoms with Crippen molar-refractivity contribution in [2.45, 2.75) is 0 Å². The van der Waals surface area contributed by atoms with Gasteiger partial charge < -0.3 is 29.0 Å². The van der Waals surface area contributed by atoms with Gasteiger partial charge in [0.05, 0.1) is 23.8 Å². The van der Waals surface area contributed by atoms with Gasteiger partial charge in [0.25, 0.3) is 0 Å². The van der Waals surface area contributed by atoms with Gasteiger partial charge >= 0.3 is 6.08 Å². The van der Waals surface area contributed by atoms with E-state index in [4.69, 9.17) is 46.9 Å². The summed E-state index contributed by atoms with van der Waals surface area (Å²) in [6, 6.07) is 15.3. The van der Waals surface area contributed by atoms with Crippen LogP contribution in [0.15, 0.2) is 54.6 Å². The van der Waals surface area contributed by atoms with Crippen molar-refractivity contribution >= 4 is 45.6 Å². The minimum absolute atomic E-state index is 0.224. The Morgan fingerprint density at radius 1 is 0.811 bits per heavy atom. The summed E-state index contributed by atoms with van der Waals surface area (Å²) in [4.78, 5) is 7.87. The zero-order valence-electron chi connectivity index (χ0n) is 20.1. The summed E-state index contributed by atoms with van der Waals surface area (Å²) in [7, 11) is 3.15. The fraction of sp³-hybridized carbons (Fsp3) is 0.231. The first-order chi connectivity index (χ1) is 18.0. The summed E-state index contributed by atoms with van der Waals surface area (Å²) >= 11 is 12.5. The summed E-state index contributed by atoms with van der Waals surface area (Å²) in [5, 5.41) is 4.50. The number of methoxy groups -OCH3 is 2.